The van der Waals surface area contributed by atoms with Crippen molar-refractivity contribution in [1.82, 2.24) is 0 Å². The molecule has 442 valence electrons. The third-order valence-corrected chi connectivity index (χ3v) is 14.7. The number of carbonyl (C=O) groups excluding carboxylic acids is 2. The Labute approximate surface area is 469 Å². The molecule has 10 heteroatoms. The van der Waals surface area contributed by atoms with Crippen molar-refractivity contribution in [3.05, 3.63) is 72.9 Å². The van der Waals surface area contributed by atoms with E-state index in [0.29, 0.717) is 17.4 Å². The van der Waals surface area contributed by atoms with Gasteiger partial charge in [-0.15, -0.1) is 0 Å². The summed E-state index contributed by atoms with van der Waals surface area (Å²) in [6, 6.07) is 0. The van der Waals surface area contributed by atoms with Gasteiger partial charge in [-0.1, -0.05) is 260 Å². The van der Waals surface area contributed by atoms with Crippen molar-refractivity contribution in [2.45, 2.75) is 290 Å². The minimum absolute atomic E-state index is 0.0270. The van der Waals surface area contributed by atoms with Crippen molar-refractivity contribution in [2.24, 2.45) is 0 Å². The molecule has 0 aliphatic carbocycles. The number of likely N-dealkylation sites (N-methyl/N-ethyl adjacent to an activating group) is 1. The summed E-state index contributed by atoms with van der Waals surface area (Å²) in [6.45, 7) is 4.32. The zero-order chi connectivity index (χ0) is 55.6. The first kappa shape index (κ1) is 73.5. The fourth-order valence-electron chi connectivity index (χ4n) is 8.86. The highest BCUT2D eigenvalue weighted by atomic mass is 31.2. The highest BCUT2D eigenvalue weighted by Crippen LogP contribution is 2.43. The molecule has 0 saturated heterocycles. The molecule has 0 aliphatic heterocycles. The Bertz CT molecular complexity index is 1510. The third-order valence-electron chi connectivity index (χ3n) is 13.7. The van der Waals surface area contributed by atoms with E-state index in [2.05, 4.69) is 86.8 Å². The van der Waals surface area contributed by atoms with Crippen molar-refractivity contribution < 1.29 is 42.1 Å². The molecular weight excluding hydrogens is 966 g/mol. The monoisotopic (exact) mass is 1090 g/mol. The highest BCUT2D eigenvalue weighted by molar-refractivity contribution is 7.47. The van der Waals surface area contributed by atoms with Crippen LogP contribution in [0.3, 0.4) is 0 Å². The Morgan fingerprint density at radius 1 is 0.421 bits per heavy atom. The van der Waals surface area contributed by atoms with Crippen molar-refractivity contribution in [3.63, 3.8) is 0 Å². The number of hydrogen-bond donors (Lipinski definition) is 1. The summed E-state index contributed by atoms with van der Waals surface area (Å²) in [6.07, 6.45) is 75.7. The quantitative estimate of drug-likeness (QED) is 0.0211. The number of phosphoric acid groups is 1. The Kier molecular flexibility index (Phi) is 55.2. The number of quaternary nitrogens is 1. The maximum atomic E-state index is 12.8. The highest BCUT2D eigenvalue weighted by Gasteiger charge is 2.27. The lowest BCUT2D eigenvalue weighted by Crippen LogP contribution is -2.37. The molecule has 0 aromatic carbocycles. The number of unbranched alkanes of at least 4 members (excludes halogenated alkanes) is 32. The van der Waals surface area contributed by atoms with Gasteiger partial charge in [-0.25, -0.2) is 4.57 Å². The zero-order valence-electron chi connectivity index (χ0n) is 50.2. The number of hydrogen-bond acceptors (Lipinski definition) is 7. The van der Waals surface area contributed by atoms with Gasteiger partial charge < -0.3 is 18.9 Å². The normalized spacial score (nSPS) is 13.7. The van der Waals surface area contributed by atoms with E-state index >= 15 is 0 Å². The number of esters is 2. The fourth-order valence-corrected chi connectivity index (χ4v) is 9.60. The molecule has 0 bridgehead atoms. The molecule has 0 spiro atoms. The number of phosphoric ester groups is 1. The van der Waals surface area contributed by atoms with Gasteiger partial charge in [-0.05, 0) is 83.5 Å². The van der Waals surface area contributed by atoms with Gasteiger partial charge >= 0.3 is 19.8 Å². The summed E-state index contributed by atoms with van der Waals surface area (Å²) in [7, 11) is 1.47. The van der Waals surface area contributed by atoms with Crippen LogP contribution in [0.25, 0.3) is 0 Å². The summed E-state index contributed by atoms with van der Waals surface area (Å²) in [5, 5.41) is 0. The zero-order valence-corrected chi connectivity index (χ0v) is 51.1. The molecule has 1 N–H and O–H groups in total. The summed E-state index contributed by atoms with van der Waals surface area (Å²) < 4.78 is 34.6. The topological polar surface area (TPSA) is 108 Å². The van der Waals surface area contributed by atoms with E-state index in [1.807, 2.05) is 21.1 Å². The Hall–Kier alpha value is -2.55. The van der Waals surface area contributed by atoms with Crippen LogP contribution in [-0.2, 0) is 32.7 Å². The van der Waals surface area contributed by atoms with Crippen LogP contribution < -0.4 is 0 Å². The molecule has 0 amide bonds. The Morgan fingerprint density at radius 3 is 1.12 bits per heavy atom. The van der Waals surface area contributed by atoms with Gasteiger partial charge in [0, 0.05) is 12.8 Å². The average Bonchev–Trinajstić information content (AvgIpc) is 3.38. The largest absolute Gasteiger partial charge is 0.472 e. The summed E-state index contributed by atoms with van der Waals surface area (Å²) in [5.41, 5.74) is 0. The number of carbonyl (C=O) groups is 2. The van der Waals surface area contributed by atoms with Crippen LogP contribution >= 0.6 is 7.82 Å². The van der Waals surface area contributed by atoms with Crippen molar-refractivity contribution in [3.8, 4) is 0 Å². The maximum Gasteiger partial charge on any atom is 0.472 e. The van der Waals surface area contributed by atoms with Gasteiger partial charge in [0.15, 0.2) is 6.10 Å². The average molecular weight is 1090 g/mol. The molecule has 76 heavy (non-hydrogen) atoms. The van der Waals surface area contributed by atoms with Crippen LogP contribution in [0.5, 0.6) is 0 Å². The first-order valence-corrected chi connectivity index (χ1v) is 33.2. The third kappa shape index (κ3) is 60.7. The van der Waals surface area contributed by atoms with Crippen molar-refractivity contribution >= 4 is 19.8 Å². The van der Waals surface area contributed by atoms with Crippen LogP contribution in [0.4, 0.5) is 0 Å². The van der Waals surface area contributed by atoms with Gasteiger partial charge in [-0.3, -0.25) is 18.6 Å². The first-order chi connectivity index (χ1) is 37.0. The van der Waals surface area contributed by atoms with E-state index in [1.54, 1.807) is 0 Å². The Morgan fingerprint density at radius 2 is 0.750 bits per heavy atom. The molecule has 0 heterocycles. The number of allylic oxidation sites excluding steroid dienone is 12. The molecule has 9 nitrogen and oxygen atoms in total. The van der Waals surface area contributed by atoms with Crippen LogP contribution in [0.2, 0.25) is 0 Å². The molecule has 0 aromatic rings. The van der Waals surface area contributed by atoms with Gasteiger partial charge in [0.05, 0.1) is 27.7 Å². The summed E-state index contributed by atoms with van der Waals surface area (Å²) >= 11 is 0. The lowest BCUT2D eigenvalue weighted by molar-refractivity contribution is -0.870. The van der Waals surface area contributed by atoms with Gasteiger partial charge in [0.2, 0.25) is 0 Å². The van der Waals surface area contributed by atoms with E-state index in [9.17, 15) is 19.0 Å². The second kappa shape index (κ2) is 57.1. The standard InChI is InChI=1S/C66H120NO8P/c1-6-8-10-12-14-16-18-20-22-24-26-27-28-29-30-31-32-33-34-35-36-37-38-39-41-42-44-46-48-50-52-54-56-58-65(68)72-62-64(63-74-76(70,71)73-61-60-67(3,4)5)75-66(69)59-57-55-53-51-49-47-45-43-40-25-23-21-19-17-15-13-11-9-7-2/h9,11,15,17-18,20-21,23-24,26,40,43,64H,6-8,10,12-14,16,19,22,25,27-39,41-42,44-63H2,1-5H3/p+1/b11-9-,17-15-,20-18-,23-21-,26-24-,43-40-. The molecule has 0 rings (SSSR count). The minimum Gasteiger partial charge on any atom is -0.462 e. The van der Waals surface area contributed by atoms with E-state index in [0.717, 1.165) is 89.9 Å². The second-order valence-corrected chi connectivity index (χ2v) is 23.9. The predicted molar refractivity (Wildman–Crippen MR) is 326 cm³/mol. The summed E-state index contributed by atoms with van der Waals surface area (Å²) in [5.74, 6) is -0.806. The molecule has 0 saturated carbocycles. The smallest absolute Gasteiger partial charge is 0.462 e. The van der Waals surface area contributed by atoms with E-state index in [4.69, 9.17) is 18.5 Å². The second-order valence-electron chi connectivity index (χ2n) is 22.4. The van der Waals surface area contributed by atoms with E-state index in [-0.39, 0.29) is 32.0 Å². The van der Waals surface area contributed by atoms with E-state index < -0.39 is 26.5 Å². The number of nitrogens with zero attached hydrogens (tertiary/aromatic N) is 1. The molecule has 0 aromatic heterocycles. The van der Waals surface area contributed by atoms with Gasteiger partial charge in [-0.2, -0.15) is 0 Å². The fraction of sp³-hybridized carbons (Fsp3) is 0.788. The summed E-state index contributed by atoms with van der Waals surface area (Å²) in [4.78, 5) is 35.7. The van der Waals surface area contributed by atoms with Crippen LogP contribution in [0.15, 0.2) is 72.9 Å². The first-order valence-electron chi connectivity index (χ1n) is 31.7. The minimum atomic E-state index is -4.39. The van der Waals surface area contributed by atoms with Crippen molar-refractivity contribution in [2.75, 3.05) is 47.5 Å². The van der Waals surface area contributed by atoms with Gasteiger partial charge in [0.25, 0.3) is 0 Å². The number of ether oxygens (including phenoxy) is 2. The SMILES string of the molecule is CC/C=C\C/C=C\C/C=C\C/C=C\CCCCCCCCC(=O)OC(COC(=O)CCCCCCCCCCCCCCCCCCCCCCC/C=C\C/C=C\CCCCCCC)COP(=O)(O)OCC[N+](C)(C)C. The number of rotatable bonds is 58. The van der Waals surface area contributed by atoms with Crippen LogP contribution in [-0.4, -0.2) is 74.9 Å². The molecule has 0 fully saturated rings. The van der Waals surface area contributed by atoms with Crippen molar-refractivity contribution in [1.29, 1.82) is 0 Å². The molecule has 2 atom stereocenters. The predicted octanol–water partition coefficient (Wildman–Crippen LogP) is 20.0. The maximum absolute atomic E-state index is 12.8. The molecule has 0 radical (unpaired) electrons. The Balaban J connectivity index is 4.03. The molecular formula is C66H121NO8P+. The molecule has 2 unspecified atom stereocenters. The van der Waals surface area contributed by atoms with Gasteiger partial charge in [0.1, 0.15) is 19.8 Å². The molecule has 0 aliphatic rings. The lowest BCUT2D eigenvalue weighted by Gasteiger charge is -2.24. The lowest BCUT2D eigenvalue weighted by atomic mass is 10.0. The van der Waals surface area contributed by atoms with Crippen LogP contribution in [0, 0.1) is 0 Å². The van der Waals surface area contributed by atoms with E-state index in [1.165, 1.54) is 161 Å². The van der Waals surface area contributed by atoms with Crippen LogP contribution in [0.1, 0.15) is 284 Å².